The third-order valence-electron chi connectivity index (χ3n) is 23.7. The summed E-state index contributed by atoms with van der Waals surface area (Å²) in [6.45, 7) is 8.14. The molecule has 3 fully saturated rings. The van der Waals surface area contributed by atoms with Gasteiger partial charge in [-0.05, 0) is 106 Å². The molecule has 1 unspecified atom stereocenters. The number of carbonyl (C=O) groups excluding carboxylic acids is 5. The van der Waals surface area contributed by atoms with Crippen molar-refractivity contribution >= 4 is 96.7 Å². The highest BCUT2D eigenvalue weighted by atomic mass is 33.1. The number of aromatic nitrogens is 5. The van der Waals surface area contributed by atoms with Crippen molar-refractivity contribution < 1.29 is 89.0 Å². The number of nitrogen functional groups attached to an aromatic ring is 1. The minimum Gasteiger partial charge on any atom is -0.496 e. The number of nitrogens with one attached hydrogen (secondary N) is 5. The molecular formula is C76H96N12O19S2. The Morgan fingerprint density at radius 1 is 0.872 bits per heavy atom. The number of carboxylic acid groups (broad SMARTS) is 2. The Bertz CT molecular complexity index is 4550. The van der Waals surface area contributed by atoms with Gasteiger partial charge in [0.15, 0.2) is 28.3 Å². The van der Waals surface area contributed by atoms with Crippen LogP contribution in [0.5, 0.6) is 5.75 Å². The number of hydrogen-bond donors (Lipinski definition) is 15. The van der Waals surface area contributed by atoms with Gasteiger partial charge in [-0.25, -0.2) is 20.2 Å². The van der Waals surface area contributed by atoms with Crippen LogP contribution in [0, 0.1) is 23.2 Å². The van der Waals surface area contributed by atoms with E-state index in [1.165, 1.54) is 23.9 Å². The van der Waals surface area contributed by atoms with E-state index < -0.39 is 161 Å². The molecule has 3 aromatic heterocycles. The van der Waals surface area contributed by atoms with Gasteiger partial charge in [0.25, 0.3) is 11.5 Å². The van der Waals surface area contributed by atoms with Crippen LogP contribution in [0.4, 0.5) is 16.4 Å². The van der Waals surface area contributed by atoms with Gasteiger partial charge in [0.1, 0.15) is 42.8 Å². The Morgan fingerprint density at radius 3 is 2.34 bits per heavy atom. The molecule has 0 radical (unpaired) electrons. The number of nitrogens with two attached hydrogens (primary N) is 1. The number of hydrazine groups is 1. The first-order chi connectivity index (χ1) is 52.0. The highest BCUT2D eigenvalue weighted by Gasteiger charge is 2.79. The number of methoxy groups -OCH3 is 1. The van der Waals surface area contributed by atoms with Crippen LogP contribution in [0.15, 0.2) is 83.8 Å². The average molecular weight is 1550 g/mol. The number of carboxylic acids is 2. The molecule has 1 aliphatic carbocycles. The topological polar surface area (TPSA) is 479 Å². The number of aliphatic hydroxyl groups excluding tert-OH is 5. The molecule has 33 heteroatoms. The Balaban J connectivity index is 0.669. The Morgan fingerprint density at radius 2 is 1.62 bits per heavy atom. The zero-order chi connectivity index (χ0) is 78.2. The van der Waals surface area contributed by atoms with Gasteiger partial charge in [-0.1, -0.05) is 90.1 Å². The fourth-order valence-electron chi connectivity index (χ4n) is 18.4. The first-order valence-corrected chi connectivity index (χ1v) is 39.3. The molecule has 5 aliphatic heterocycles. The Labute approximate surface area is 635 Å². The van der Waals surface area contributed by atoms with Crippen LogP contribution in [0.3, 0.4) is 0 Å². The van der Waals surface area contributed by atoms with Crippen LogP contribution in [0.1, 0.15) is 123 Å². The summed E-state index contributed by atoms with van der Waals surface area (Å²) in [5.74, 6) is -9.32. The molecule has 2 bridgehead atoms. The number of aliphatic hydroxyl groups is 7. The molecular weight excluding hydrogens is 1450 g/mol. The lowest BCUT2D eigenvalue weighted by molar-refractivity contribution is -0.204. The third-order valence-corrected chi connectivity index (χ3v) is 26.2. The molecule has 2 saturated heterocycles. The average Bonchev–Trinajstić information content (AvgIpc) is 1.49. The van der Waals surface area contributed by atoms with E-state index in [9.17, 15) is 79.5 Å². The summed E-state index contributed by atoms with van der Waals surface area (Å²) in [4.78, 5) is 132. The van der Waals surface area contributed by atoms with E-state index >= 15 is 4.79 Å². The molecule has 109 heavy (non-hydrogen) atoms. The van der Waals surface area contributed by atoms with Crippen molar-refractivity contribution in [2.75, 3.05) is 82.2 Å². The number of aliphatic carboxylic acids is 2. The summed E-state index contributed by atoms with van der Waals surface area (Å²) in [6.07, 6.45) is -2.31. The number of piperidine rings is 1. The molecule has 6 aliphatic rings. The van der Waals surface area contributed by atoms with Gasteiger partial charge in [-0.3, -0.25) is 53.8 Å². The summed E-state index contributed by atoms with van der Waals surface area (Å²) >= 11 is 0. The van der Waals surface area contributed by atoms with Crippen molar-refractivity contribution in [1.82, 2.24) is 50.9 Å². The number of amides is 3. The number of rotatable bonds is 30. The van der Waals surface area contributed by atoms with Gasteiger partial charge in [-0.15, -0.1) is 0 Å². The maximum absolute atomic E-state index is 15.2. The number of para-hydroxylation sites is 1. The smallest absolute Gasteiger partial charge is 0.426 e. The van der Waals surface area contributed by atoms with Crippen LogP contribution in [-0.2, 0) is 58.8 Å². The van der Waals surface area contributed by atoms with E-state index in [2.05, 4.69) is 76.0 Å². The number of benzene rings is 3. The quantitative estimate of drug-likeness (QED) is 0.0101. The lowest BCUT2D eigenvalue weighted by Crippen LogP contribution is -2.82. The van der Waals surface area contributed by atoms with E-state index in [0.717, 1.165) is 74.4 Å². The summed E-state index contributed by atoms with van der Waals surface area (Å²) in [5.41, 5.74) is 10.6. The van der Waals surface area contributed by atoms with Gasteiger partial charge in [0.05, 0.1) is 49.1 Å². The lowest BCUT2D eigenvalue weighted by atomic mass is 9.47. The van der Waals surface area contributed by atoms with Gasteiger partial charge >= 0.3 is 18.0 Å². The number of Topliss-reactive ketones (excluding diaryl/α,β-unsaturated/α-hetero) is 2. The minimum absolute atomic E-state index is 0.0190. The Kier molecular flexibility index (Phi) is 23.7. The van der Waals surface area contributed by atoms with Crippen molar-refractivity contribution in [1.29, 1.82) is 0 Å². The molecule has 6 aromatic rings. The fraction of sp³-hybridized carbons (Fsp3) is 0.539. The van der Waals surface area contributed by atoms with E-state index in [1.54, 1.807) is 26.3 Å². The molecule has 16 N–H and O–H groups in total. The number of anilines is 2. The number of carbonyl (C=O) groups is 7. The number of aryl methyl sites for hydroxylation is 2. The SMILES string of the molecule is CC[C@]1(O)C[C@H]2CN(CCc3c([nH]c4ccccc34)[C@@](C)(c3cc4c(cc3OC)N(C)[C@H]3[C@@](O)(C(=O)NNC(=O)OCCSSC[C@H](CC(=O)[C@@H](NC(=O)CC[C@H](CC(=O)c5ccc(CCc6cnc7nc(N)[nH]c(=O)c7n6)cc5)C(=O)O)[C@@H](O)[C@H](O)[C@H](O)CO)C(=O)O)[C@H](O)[C@]5(CC)C=CCN6CC[C@]43[C@@H]65)C2)C1. The number of H-pyrrole nitrogens is 2. The van der Waals surface area contributed by atoms with Gasteiger partial charge < -0.3 is 76.4 Å². The van der Waals surface area contributed by atoms with Crippen LogP contribution in [0.25, 0.3) is 22.1 Å². The van der Waals surface area contributed by atoms with Crippen molar-refractivity contribution in [3.63, 3.8) is 0 Å². The highest BCUT2D eigenvalue weighted by Crippen LogP contribution is 2.68. The molecule has 8 heterocycles. The first kappa shape index (κ1) is 79.9. The third kappa shape index (κ3) is 15.3. The number of fused-ring (bicyclic) bond motifs is 7. The van der Waals surface area contributed by atoms with Crippen LogP contribution in [0.2, 0.25) is 0 Å². The number of likely N-dealkylation sites (N-methyl/N-ethyl adjacent to an activating group) is 1. The Hall–Kier alpha value is -8.61. The normalized spacial score (nSPS) is 27.1. The van der Waals surface area contributed by atoms with Gasteiger partial charge in [-0.2, -0.15) is 4.98 Å². The van der Waals surface area contributed by atoms with Crippen molar-refractivity contribution in [2.24, 2.45) is 23.2 Å². The fourth-order valence-corrected chi connectivity index (χ4v) is 20.5. The van der Waals surface area contributed by atoms with E-state index in [4.69, 9.17) is 15.2 Å². The predicted octanol–water partition coefficient (Wildman–Crippen LogP) is 2.60. The monoisotopic (exact) mass is 1540 g/mol. The van der Waals surface area contributed by atoms with E-state index in [1.807, 2.05) is 49.1 Å². The maximum atomic E-state index is 15.2. The summed E-state index contributed by atoms with van der Waals surface area (Å²) in [6, 6.07) is 15.3. The van der Waals surface area contributed by atoms with Crippen molar-refractivity contribution in [2.45, 2.75) is 162 Å². The molecule has 1 saturated carbocycles. The second-order valence-corrected chi connectivity index (χ2v) is 32.9. The van der Waals surface area contributed by atoms with Gasteiger partial charge in [0, 0.05) is 126 Å². The standard InChI is InChI=1S/C76H96N12O19S2/c1-6-73(104)34-41-33-72(3,61-47(21-25-87(36-41)39-73)46-11-8-9-12-50(46)80-61)49-31-48-51(32-55(49)106-5)86(4)67-75(48)23-26-88-24-10-22-74(7-2,66(75)88)68(101)76(67,105)69(102)84-85-71(103)107-27-28-108-109-38-44(65(99)100)30-53(91)57(60(95)59(94)54(92)37-89)81-56(93)20-18-43(64(97)98)29-52(90)42-16-13-40(14-17-42)15-19-45-35-78-62-58(79-45)63(96)83-70(77)82-62/h8-14,16-17,22,31-32,35,41,43-44,54,57,59-60,66-68,80,89,92,94-95,101,104-105H,6-7,15,18-21,23-30,33-34,36-39H2,1-5H3,(H,81,93)(H,84,102)(H,85,103)(H,97,98)(H,99,100)(H3,77,78,82,83,96)/t41-,43+,44-,54+,57+,59+,60+,66-,67+,68+,72+,73-,74+,75+,76-/m0/s1. The minimum atomic E-state index is -2.60. The number of ketones is 2. The molecule has 31 nitrogen and oxygen atoms in total. The van der Waals surface area contributed by atoms with Crippen LogP contribution >= 0.6 is 21.6 Å². The van der Waals surface area contributed by atoms with Gasteiger partial charge in [0.2, 0.25) is 11.9 Å². The van der Waals surface area contributed by atoms with E-state index in [-0.39, 0.29) is 46.7 Å². The second kappa shape index (κ2) is 32.4. The van der Waals surface area contributed by atoms with Crippen LogP contribution in [-0.4, -0.2) is 247 Å². The summed E-state index contributed by atoms with van der Waals surface area (Å²) < 4.78 is 11.9. The molecule has 3 aromatic carbocycles. The largest absolute Gasteiger partial charge is 0.496 e. The zero-order valence-electron chi connectivity index (χ0n) is 61.3. The number of nitrogens with zero attached hydrogens (tertiary/aromatic N) is 6. The summed E-state index contributed by atoms with van der Waals surface area (Å²) in [5, 5.41) is 104. The molecule has 586 valence electrons. The maximum Gasteiger partial charge on any atom is 0.426 e. The second-order valence-electron chi connectivity index (χ2n) is 30.2. The molecule has 12 rings (SSSR count). The highest BCUT2D eigenvalue weighted by molar-refractivity contribution is 8.76. The summed E-state index contributed by atoms with van der Waals surface area (Å²) in [7, 11) is 5.43. The predicted molar refractivity (Wildman–Crippen MR) is 403 cm³/mol. The molecule has 3 amide bonds. The molecule has 16 atom stereocenters. The first-order valence-electron chi connectivity index (χ1n) is 36.8. The van der Waals surface area contributed by atoms with Crippen LogP contribution < -0.4 is 37.1 Å². The number of ether oxygens (including phenoxy) is 2. The van der Waals surface area contributed by atoms with E-state index in [0.29, 0.717) is 81.7 Å². The lowest BCUT2D eigenvalue weighted by Gasteiger charge is -2.63. The van der Waals surface area contributed by atoms with Crippen molar-refractivity contribution in [3.05, 3.63) is 129 Å². The zero-order valence-corrected chi connectivity index (χ0v) is 62.9. The molecule has 1 spiro atoms. The number of hydrogen-bond acceptors (Lipinski definition) is 26. The van der Waals surface area contributed by atoms with Crippen molar-refractivity contribution in [3.8, 4) is 5.75 Å². The number of aromatic amines is 2.